The molecule has 1 aliphatic heterocycles. The molecule has 4 amide bonds. The fourth-order valence-electron chi connectivity index (χ4n) is 5.20. The van der Waals surface area contributed by atoms with Crippen molar-refractivity contribution in [2.45, 2.75) is 19.1 Å². The molecule has 2 aromatic carbocycles. The van der Waals surface area contributed by atoms with E-state index in [0.717, 1.165) is 37.7 Å². The third-order valence-corrected chi connectivity index (χ3v) is 9.70. The molecule has 0 saturated heterocycles. The van der Waals surface area contributed by atoms with Gasteiger partial charge in [0.15, 0.2) is 5.13 Å². The van der Waals surface area contributed by atoms with Crippen molar-refractivity contribution in [2.75, 3.05) is 29.0 Å². The lowest BCUT2D eigenvalue weighted by molar-refractivity contribution is -0.137. The van der Waals surface area contributed by atoms with Crippen LogP contribution >= 0.6 is 22.7 Å². The minimum atomic E-state index is -4.52. The lowest BCUT2D eigenvalue weighted by atomic mass is 10.1. The molecule has 0 atom stereocenters. The highest BCUT2D eigenvalue weighted by atomic mass is 32.1. The summed E-state index contributed by atoms with van der Waals surface area (Å²) in [7, 11) is 0. The summed E-state index contributed by atoms with van der Waals surface area (Å²) >= 11 is 2.75. The van der Waals surface area contributed by atoms with Crippen molar-refractivity contribution in [2.24, 2.45) is 0 Å². The maximum absolute atomic E-state index is 13.0. The van der Waals surface area contributed by atoms with Crippen LogP contribution in [0.3, 0.4) is 0 Å². The standard InChI is InChI=1S/C32H24F3N9O3S2/c33-32(34,35)19-4-3-5-20(12-19)41-30(47)42-31-37-15-21(48-31)8-9-36-27-26-24(38-17-39-27)13-25(49-26)18-14-40-43(16-18)10-11-44-28(45)22-6-1-2-7-23(22)29(44)46/h1-7,12-17H,8-11H2,(H,36,38,39)(H2,37,41,42,47). The average Bonchev–Trinajstić information content (AvgIpc) is 3.87. The number of aromatic nitrogens is 5. The number of thiophene rings is 1. The van der Waals surface area contributed by atoms with Crippen LogP contribution in [0.2, 0.25) is 0 Å². The number of nitrogens with zero attached hydrogens (tertiary/aromatic N) is 6. The molecule has 5 heterocycles. The molecule has 3 N–H and O–H groups in total. The Morgan fingerprint density at radius 1 is 0.878 bits per heavy atom. The molecule has 248 valence electrons. The van der Waals surface area contributed by atoms with Gasteiger partial charge in [-0.2, -0.15) is 18.3 Å². The van der Waals surface area contributed by atoms with Gasteiger partial charge in [0.1, 0.15) is 12.1 Å². The molecule has 7 rings (SSSR count). The Labute approximate surface area is 283 Å². The summed E-state index contributed by atoms with van der Waals surface area (Å²) < 4.78 is 41.4. The fourth-order valence-corrected chi connectivity index (χ4v) is 7.06. The summed E-state index contributed by atoms with van der Waals surface area (Å²) in [6.45, 7) is 1.05. The van der Waals surface area contributed by atoms with Gasteiger partial charge in [0, 0.05) is 52.9 Å². The van der Waals surface area contributed by atoms with Gasteiger partial charge < -0.3 is 10.6 Å². The third-order valence-electron chi connectivity index (χ3n) is 7.55. The largest absolute Gasteiger partial charge is 0.416 e. The van der Waals surface area contributed by atoms with Crippen LogP contribution in [0.4, 0.5) is 34.6 Å². The van der Waals surface area contributed by atoms with E-state index in [1.54, 1.807) is 41.3 Å². The number of anilines is 3. The van der Waals surface area contributed by atoms with Gasteiger partial charge in [-0.15, -0.1) is 22.7 Å². The first-order valence-corrected chi connectivity index (χ1v) is 16.4. The number of halogens is 3. The fraction of sp³-hybridized carbons (Fsp3) is 0.156. The minimum Gasteiger partial charge on any atom is -0.368 e. The molecule has 6 aromatic rings. The zero-order valence-electron chi connectivity index (χ0n) is 25.2. The van der Waals surface area contributed by atoms with E-state index in [2.05, 4.69) is 36.0 Å². The molecule has 0 saturated carbocycles. The summed E-state index contributed by atoms with van der Waals surface area (Å²) in [5.41, 5.74) is 1.59. The number of urea groups is 1. The number of carbonyl (C=O) groups excluding carboxylic acids is 3. The molecular formula is C32H24F3N9O3S2. The quantitative estimate of drug-likeness (QED) is 0.135. The van der Waals surface area contributed by atoms with E-state index in [1.165, 1.54) is 46.0 Å². The molecule has 49 heavy (non-hydrogen) atoms. The van der Waals surface area contributed by atoms with Crippen molar-refractivity contribution in [3.05, 3.63) is 101 Å². The van der Waals surface area contributed by atoms with Crippen LogP contribution in [0.5, 0.6) is 0 Å². The molecule has 12 nitrogen and oxygen atoms in total. The summed E-state index contributed by atoms with van der Waals surface area (Å²) in [6, 6.07) is 12.4. The van der Waals surface area contributed by atoms with Gasteiger partial charge in [0.05, 0.1) is 39.6 Å². The second-order valence-corrected chi connectivity index (χ2v) is 13.0. The number of hydrogen-bond acceptors (Lipinski definition) is 10. The monoisotopic (exact) mass is 703 g/mol. The lowest BCUT2D eigenvalue weighted by Gasteiger charge is -2.13. The van der Waals surface area contributed by atoms with E-state index in [9.17, 15) is 27.6 Å². The molecule has 0 fully saturated rings. The van der Waals surface area contributed by atoms with Gasteiger partial charge in [-0.1, -0.05) is 18.2 Å². The van der Waals surface area contributed by atoms with Crippen LogP contribution in [-0.2, 0) is 19.1 Å². The SMILES string of the molecule is O=C(Nc1cccc(C(F)(F)F)c1)Nc1ncc(CCNc2ncnc3cc(-c4cnn(CCN5C(=O)c6ccccc6C5=O)c4)sc23)s1. The highest BCUT2D eigenvalue weighted by Crippen LogP contribution is 2.36. The Balaban J connectivity index is 0.931. The maximum atomic E-state index is 13.0. The van der Waals surface area contributed by atoms with E-state index in [0.29, 0.717) is 41.6 Å². The van der Waals surface area contributed by atoms with Crippen molar-refractivity contribution < 1.29 is 27.6 Å². The number of thiazole rings is 1. The number of fused-ring (bicyclic) bond motifs is 2. The summed E-state index contributed by atoms with van der Waals surface area (Å²) in [4.78, 5) is 53.7. The van der Waals surface area contributed by atoms with Crippen molar-refractivity contribution >= 4 is 67.4 Å². The van der Waals surface area contributed by atoms with Crippen LogP contribution in [0, 0.1) is 0 Å². The first-order chi connectivity index (χ1) is 23.6. The van der Waals surface area contributed by atoms with Crippen LogP contribution in [0.1, 0.15) is 31.2 Å². The predicted molar refractivity (Wildman–Crippen MR) is 179 cm³/mol. The Kier molecular flexibility index (Phi) is 8.52. The first-order valence-electron chi connectivity index (χ1n) is 14.8. The first kappa shape index (κ1) is 31.9. The number of alkyl halides is 3. The molecule has 0 aliphatic carbocycles. The minimum absolute atomic E-state index is 0.00887. The molecule has 0 bridgehead atoms. The van der Waals surface area contributed by atoms with Gasteiger partial charge in [-0.25, -0.2) is 19.7 Å². The number of amides is 4. The van der Waals surface area contributed by atoms with Gasteiger partial charge >= 0.3 is 12.2 Å². The zero-order valence-corrected chi connectivity index (χ0v) is 26.8. The molecule has 1 aliphatic rings. The molecule has 0 spiro atoms. The van der Waals surface area contributed by atoms with E-state index < -0.39 is 17.8 Å². The predicted octanol–water partition coefficient (Wildman–Crippen LogP) is 6.62. The third kappa shape index (κ3) is 6.84. The Morgan fingerprint density at radius 2 is 1.67 bits per heavy atom. The zero-order chi connectivity index (χ0) is 34.1. The van der Waals surface area contributed by atoms with Gasteiger partial charge in [0.25, 0.3) is 11.8 Å². The number of imide groups is 1. The van der Waals surface area contributed by atoms with E-state index in [1.807, 2.05) is 12.3 Å². The number of nitrogens with one attached hydrogen (secondary N) is 3. The smallest absolute Gasteiger partial charge is 0.368 e. The second-order valence-electron chi connectivity index (χ2n) is 10.8. The molecule has 0 radical (unpaired) electrons. The number of benzene rings is 2. The van der Waals surface area contributed by atoms with E-state index in [4.69, 9.17) is 0 Å². The molecular weight excluding hydrogens is 680 g/mol. The second kappa shape index (κ2) is 13.1. The van der Waals surface area contributed by atoms with E-state index >= 15 is 0 Å². The van der Waals surface area contributed by atoms with Crippen LogP contribution in [-0.4, -0.2) is 60.6 Å². The van der Waals surface area contributed by atoms with Gasteiger partial charge in [-0.05, 0) is 36.4 Å². The summed E-state index contributed by atoms with van der Waals surface area (Å²) in [5, 5.41) is 13.0. The van der Waals surface area contributed by atoms with Crippen LogP contribution in [0.25, 0.3) is 20.7 Å². The highest BCUT2D eigenvalue weighted by Gasteiger charge is 2.34. The maximum Gasteiger partial charge on any atom is 0.416 e. The highest BCUT2D eigenvalue weighted by molar-refractivity contribution is 7.22. The van der Waals surface area contributed by atoms with Crippen molar-refractivity contribution in [3.8, 4) is 10.4 Å². The molecule has 4 aromatic heterocycles. The Bertz CT molecular complexity index is 2180. The Morgan fingerprint density at radius 3 is 2.45 bits per heavy atom. The lowest BCUT2D eigenvalue weighted by Crippen LogP contribution is -2.33. The number of rotatable bonds is 10. The van der Waals surface area contributed by atoms with Crippen LogP contribution in [0.15, 0.2) is 79.5 Å². The normalized spacial score (nSPS) is 12.8. The van der Waals surface area contributed by atoms with Gasteiger partial charge in [-0.3, -0.25) is 24.5 Å². The van der Waals surface area contributed by atoms with Gasteiger partial charge in [0.2, 0.25) is 0 Å². The number of hydrogen-bond donors (Lipinski definition) is 3. The summed E-state index contributed by atoms with van der Waals surface area (Å²) in [5.74, 6) is 0.0504. The van der Waals surface area contributed by atoms with Crippen LogP contribution < -0.4 is 16.0 Å². The van der Waals surface area contributed by atoms with Crippen molar-refractivity contribution in [3.63, 3.8) is 0 Å². The topological polar surface area (TPSA) is 147 Å². The average molecular weight is 704 g/mol. The van der Waals surface area contributed by atoms with Crippen molar-refractivity contribution in [1.82, 2.24) is 29.6 Å². The van der Waals surface area contributed by atoms with Crippen molar-refractivity contribution in [1.29, 1.82) is 0 Å². The molecule has 0 unspecified atom stereocenters. The Hall–Kier alpha value is -5.68. The molecule has 17 heteroatoms. The van der Waals surface area contributed by atoms with E-state index in [-0.39, 0.29) is 24.0 Å². The summed E-state index contributed by atoms with van der Waals surface area (Å²) in [6.07, 6.45) is 2.73. The number of carbonyl (C=O) groups is 3.